The van der Waals surface area contributed by atoms with Gasteiger partial charge in [-0.05, 0) is 42.7 Å². The molecule has 0 heterocycles. The zero-order chi connectivity index (χ0) is 11.0. The Labute approximate surface area is 88.5 Å². The summed E-state index contributed by atoms with van der Waals surface area (Å²) in [5, 5.41) is 7.00. The summed E-state index contributed by atoms with van der Waals surface area (Å²) in [5.41, 5.74) is 3.30. The van der Waals surface area contributed by atoms with Gasteiger partial charge in [0.1, 0.15) is 0 Å². The standard InChI is InChI=1S/C10H14.C2H6.CH4O/c1-8-6-9-4-2-3-5-10(9)7-8;2*1-2/h4-5,8H,2-3,6-7H2,1H3;1-2H3;2H,1H3. The highest BCUT2D eigenvalue weighted by molar-refractivity contribution is 5.37. The van der Waals surface area contributed by atoms with Crippen molar-refractivity contribution in [1.29, 1.82) is 0 Å². The Kier molecular flexibility index (Phi) is 7.50. The first-order valence-electron chi connectivity index (χ1n) is 5.69. The van der Waals surface area contributed by atoms with Gasteiger partial charge in [0.25, 0.3) is 0 Å². The van der Waals surface area contributed by atoms with Crippen LogP contribution in [0.15, 0.2) is 23.3 Å². The fourth-order valence-electron chi connectivity index (χ4n) is 2.03. The molecule has 2 aliphatic carbocycles. The summed E-state index contributed by atoms with van der Waals surface area (Å²) in [6.45, 7) is 6.35. The Bertz CT molecular complexity index is 179. The maximum absolute atomic E-state index is 7.00. The minimum Gasteiger partial charge on any atom is -0.400 e. The molecule has 1 N–H and O–H groups in total. The second-order valence-electron chi connectivity index (χ2n) is 3.55. The van der Waals surface area contributed by atoms with Crippen molar-refractivity contribution in [3.05, 3.63) is 23.3 Å². The van der Waals surface area contributed by atoms with E-state index in [1.165, 1.54) is 25.7 Å². The van der Waals surface area contributed by atoms with E-state index in [-0.39, 0.29) is 0 Å². The first-order valence-corrected chi connectivity index (χ1v) is 5.69. The smallest absolute Gasteiger partial charge is 0.0319 e. The third-order valence-corrected chi connectivity index (χ3v) is 2.50. The lowest BCUT2D eigenvalue weighted by Gasteiger charge is -2.05. The van der Waals surface area contributed by atoms with Gasteiger partial charge in [-0.25, -0.2) is 0 Å². The second kappa shape index (κ2) is 7.81. The Balaban J connectivity index is 0.000000379. The van der Waals surface area contributed by atoms with Crippen LogP contribution >= 0.6 is 0 Å². The van der Waals surface area contributed by atoms with Crippen molar-refractivity contribution >= 4 is 0 Å². The minimum absolute atomic E-state index is 0.913. The zero-order valence-corrected chi connectivity index (χ0v) is 10.0. The van der Waals surface area contributed by atoms with Gasteiger partial charge in [0.2, 0.25) is 0 Å². The van der Waals surface area contributed by atoms with Crippen molar-refractivity contribution in [3.63, 3.8) is 0 Å². The maximum Gasteiger partial charge on any atom is 0.0319 e. The Morgan fingerprint density at radius 3 is 1.71 bits per heavy atom. The predicted octanol–water partition coefficient (Wildman–Crippen LogP) is 3.70. The van der Waals surface area contributed by atoms with Crippen molar-refractivity contribution < 1.29 is 5.11 Å². The summed E-state index contributed by atoms with van der Waals surface area (Å²) in [6.07, 6.45) is 10.1. The van der Waals surface area contributed by atoms with Gasteiger partial charge in [-0.3, -0.25) is 0 Å². The van der Waals surface area contributed by atoms with E-state index in [0.717, 1.165) is 13.0 Å². The van der Waals surface area contributed by atoms with Gasteiger partial charge in [0.15, 0.2) is 0 Å². The van der Waals surface area contributed by atoms with Crippen LogP contribution in [0, 0.1) is 5.92 Å². The van der Waals surface area contributed by atoms with Crippen LogP contribution in [0.2, 0.25) is 0 Å². The molecule has 0 radical (unpaired) electrons. The summed E-state index contributed by atoms with van der Waals surface area (Å²) in [5.74, 6) is 0.913. The molecule has 0 bridgehead atoms. The van der Waals surface area contributed by atoms with Crippen LogP contribution in [0.3, 0.4) is 0 Å². The van der Waals surface area contributed by atoms with E-state index in [2.05, 4.69) is 19.1 Å². The monoisotopic (exact) mass is 196 g/mol. The minimum atomic E-state index is 0.913. The first kappa shape index (κ1) is 13.4. The molecule has 2 rings (SSSR count). The van der Waals surface area contributed by atoms with Crippen LogP contribution in [0.25, 0.3) is 0 Å². The molecule has 0 aromatic heterocycles. The summed E-state index contributed by atoms with van der Waals surface area (Å²) in [6, 6.07) is 0. The zero-order valence-electron chi connectivity index (χ0n) is 10.0. The fourth-order valence-corrected chi connectivity index (χ4v) is 2.03. The summed E-state index contributed by atoms with van der Waals surface area (Å²) >= 11 is 0. The van der Waals surface area contributed by atoms with Crippen LogP contribution in [0.5, 0.6) is 0 Å². The molecule has 14 heavy (non-hydrogen) atoms. The lowest BCUT2D eigenvalue weighted by Crippen LogP contribution is -1.85. The third kappa shape index (κ3) is 3.67. The number of aliphatic hydroxyl groups excluding tert-OH is 1. The van der Waals surface area contributed by atoms with E-state index in [0.29, 0.717) is 0 Å². The van der Waals surface area contributed by atoms with E-state index in [1.807, 2.05) is 13.8 Å². The van der Waals surface area contributed by atoms with Crippen molar-refractivity contribution in [2.75, 3.05) is 7.11 Å². The topological polar surface area (TPSA) is 20.2 Å². The van der Waals surface area contributed by atoms with Crippen LogP contribution in [0.1, 0.15) is 46.5 Å². The molecule has 0 atom stereocenters. The molecule has 0 amide bonds. The van der Waals surface area contributed by atoms with Crippen LogP contribution in [-0.4, -0.2) is 12.2 Å². The van der Waals surface area contributed by atoms with Crippen LogP contribution < -0.4 is 0 Å². The molecule has 0 saturated heterocycles. The number of fused-ring (bicyclic) bond motifs is 1. The van der Waals surface area contributed by atoms with Crippen molar-refractivity contribution in [3.8, 4) is 0 Å². The van der Waals surface area contributed by atoms with E-state index in [4.69, 9.17) is 5.11 Å². The molecular weight excluding hydrogens is 172 g/mol. The van der Waals surface area contributed by atoms with E-state index < -0.39 is 0 Å². The number of allylic oxidation sites excluding steroid dienone is 4. The lowest BCUT2D eigenvalue weighted by molar-refractivity contribution is 0.399. The molecule has 2 aliphatic rings. The summed E-state index contributed by atoms with van der Waals surface area (Å²) < 4.78 is 0. The molecule has 0 aromatic rings. The van der Waals surface area contributed by atoms with E-state index >= 15 is 0 Å². The van der Waals surface area contributed by atoms with Crippen molar-refractivity contribution in [1.82, 2.24) is 0 Å². The van der Waals surface area contributed by atoms with Crippen molar-refractivity contribution in [2.45, 2.75) is 46.5 Å². The Hall–Kier alpha value is -0.560. The number of hydrogen-bond acceptors (Lipinski definition) is 1. The van der Waals surface area contributed by atoms with Gasteiger partial charge in [0, 0.05) is 7.11 Å². The SMILES string of the molecule is CC.CC1CC2=CCCC=C2C1.CO. The van der Waals surface area contributed by atoms with Crippen LogP contribution in [-0.2, 0) is 0 Å². The van der Waals surface area contributed by atoms with Crippen molar-refractivity contribution in [2.24, 2.45) is 5.92 Å². The molecular formula is C13H24O. The van der Waals surface area contributed by atoms with E-state index in [9.17, 15) is 0 Å². The second-order valence-corrected chi connectivity index (χ2v) is 3.55. The summed E-state index contributed by atoms with van der Waals surface area (Å²) in [4.78, 5) is 0. The number of rotatable bonds is 0. The van der Waals surface area contributed by atoms with E-state index in [1.54, 1.807) is 11.1 Å². The molecule has 0 aliphatic heterocycles. The molecule has 0 spiro atoms. The van der Waals surface area contributed by atoms with Gasteiger partial charge < -0.3 is 5.11 Å². The van der Waals surface area contributed by atoms with Gasteiger partial charge >= 0.3 is 0 Å². The quantitative estimate of drug-likeness (QED) is 0.626. The molecule has 1 nitrogen and oxygen atoms in total. The average Bonchev–Trinajstić information content (AvgIpc) is 2.64. The first-order chi connectivity index (χ1) is 6.86. The molecule has 1 saturated carbocycles. The highest BCUT2D eigenvalue weighted by atomic mass is 16.2. The largest absolute Gasteiger partial charge is 0.400 e. The predicted molar refractivity (Wildman–Crippen MR) is 63.3 cm³/mol. The molecule has 0 unspecified atom stereocenters. The summed E-state index contributed by atoms with van der Waals surface area (Å²) in [7, 11) is 1.00. The van der Waals surface area contributed by atoms with Gasteiger partial charge in [-0.1, -0.05) is 32.9 Å². The Morgan fingerprint density at radius 2 is 1.36 bits per heavy atom. The highest BCUT2D eigenvalue weighted by Crippen LogP contribution is 2.37. The third-order valence-electron chi connectivity index (χ3n) is 2.50. The molecule has 82 valence electrons. The molecule has 1 fully saturated rings. The van der Waals surface area contributed by atoms with Crippen LogP contribution in [0.4, 0.5) is 0 Å². The van der Waals surface area contributed by atoms with Gasteiger partial charge in [-0.15, -0.1) is 0 Å². The lowest BCUT2D eigenvalue weighted by atomic mass is 10.0. The molecule has 1 heteroatoms. The number of aliphatic hydroxyl groups is 1. The molecule has 0 aromatic carbocycles. The normalized spacial score (nSPS) is 19.2. The number of hydrogen-bond donors (Lipinski definition) is 1. The fraction of sp³-hybridized carbons (Fsp3) is 0.692. The average molecular weight is 196 g/mol. The maximum atomic E-state index is 7.00. The Morgan fingerprint density at radius 1 is 1.00 bits per heavy atom. The van der Waals surface area contributed by atoms with Gasteiger partial charge in [-0.2, -0.15) is 0 Å². The highest BCUT2D eigenvalue weighted by Gasteiger charge is 2.20. The van der Waals surface area contributed by atoms with Gasteiger partial charge in [0.05, 0.1) is 0 Å².